The standard InChI is InChI=1S/C12H13NOS2/c1-2-11(14)13-10(8-16-12(13)15)9-6-4-3-5-7-9/h3-7,10H,2,8H2,1H3/t10-/m1/s1. The molecule has 0 bridgehead atoms. The third-order valence-electron chi connectivity index (χ3n) is 2.63. The second-order valence-electron chi connectivity index (χ2n) is 3.62. The smallest absolute Gasteiger partial charge is 0.228 e. The van der Waals surface area contributed by atoms with E-state index >= 15 is 0 Å². The van der Waals surface area contributed by atoms with E-state index in [9.17, 15) is 4.79 Å². The largest absolute Gasteiger partial charge is 0.289 e. The van der Waals surface area contributed by atoms with E-state index in [1.165, 1.54) is 0 Å². The molecular formula is C12H13NOS2. The van der Waals surface area contributed by atoms with Crippen molar-refractivity contribution < 1.29 is 4.79 Å². The van der Waals surface area contributed by atoms with E-state index in [4.69, 9.17) is 12.2 Å². The monoisotopic (exact) mass is 251 g/mol. The van der Waals surface area contributed by atoms with Gasteiger partial charge in [-0.25, -0.2) is 0 Å². The maximum absolute atomic E-state index is 11.8. The summed E-state index contributed by atoms with van der Waals surface area (Å²) in [6, 6.07) is 10.2. The van der Waals surface area contributed by atoms with Gasteiger partial charge in [0.15, 0.2) is 0 Å². The van der Waals surface area contributed by atoms with Crippen molar-refractivity contribution in [2.24, 2.45) is 0 Å². The van der Waals surface area contributed by atoms with Crippen molar-refractivity contribution in [3.63, 3.8) is 0 Å². The van der Waals surface area contributed by atoms with Crippen LogP contribution in [0.4, 0.5) is 0 Å². The zero-order valence-corrected chi connectivity index (χ0v) is 10.7. The van der Waals surface area contributed by atoms with Crippen molar-refractivity contribution >= 4 is 34.2 Å². The summed E-state index contributed by atoms with van der Waals surface area (Å²) in [5.41, 5.74) is 1.16. The normalized spacial score (nSPS) is 20.2. The van der Waals surface area contributed by atoms with E-state index < -0.39 is 0 Å². The molecule has 1 fully saturated rings. The van der Waals surface area contributed by atoms with Crippen LogP contribution in [0, 0.1) is 0 Å². The number of nitrogens with zero attached hydrogens (tertiary/aromatic N) is 1. The highest BCUT2D eigenvalue weighted by Gasteiger charge is 2.33. The highest BCUT2D eigenvalue weighted by molar-refractivity contribution is 8.23. The minimum Gasteiger partial charge on any atom is -0.289 e. The van der Waals surface area contributed by atoms with E-state index in [1.807, 2.05) is 25.1 Å². The number of benzene rings is 1. The highest BCUT2D eigenvalue weighted by Crippen LogP contribution is 2.35. The molecule has 2 nitrogen and oxygen atoms in total. The summed E-state index contributed by atoms with van der Waals surface area (Å²) in [5.74, 6) is 0.984. The minimum atomic E-state index is 0.115. The van der Waals surface area contributed by atoms with Gasteiger partial charge < -0.3 is 0 Å². The zero-order chi connectivity index (χ0) is 11.5. The Morgan fingerprint density at radius 2 is 2.19 bits per heavy atom. The molecule has 1 aromatic rings. The Morgan fingerprint density at radius 3 is 2.81 bits per heavy atom. The predicted octanol–water partition coefficient (Wildman–Crippen LogP) is 3.00. The predicted molar refractivity (Wildman–Crippen MR) is 71.4 cm³/mol. The molecule has 1 aromatic carbocycles. The average Bonchev–Trinajstić information content (AvgIpc) is 2.71. The Kier molecular flexibility index (Phi) is 3.61. The van der Waals surface area contributed by atoms with Crippen LogP contribution in [0.3, 0.4) is 0 Å². The summed E-state index contributed by atoms with van der Waals surface area (Å²) >= 11 is 6.82. The van der Waals surface area contributed by atoms with E-state index in [1.54, 1.807) is 16.7 Å². The average molecular weight is 251 g/mol. The number of hydrogen-bond donors (Lipinski definition) is 0. The molecule has 2 rings (SSSR count). The van der Waals surface area contributed by atoms with E-state index in [2.05, 4.69) is 12.1 Å². The third kappa shape index (κ3) is 2.13. The number of carbonyl (C=O) groups is 1. The lowest BCUT2D eigenvalue weighted by Crippen LogP contribution is -2.32. The lowest BCUT2D eigenvalue weighted by atomic mass is 10.1. The molecule has 0 aliphatic carbocycles. The van der Waals surface area contributed by atoms with Crippen LogP contribution in [0.1, 0.15) is 24.9 Å². The molecule has 0 N–H and O–H groups in total. The van der Waals surface area contributed by atoms with Gasteiger partial charge in [-0.15, -0.1) is 0 Å². The van der Waals surface area contributed by atoms with Crippen LogP contribution in [-0.4, -0.2) is 20.9 Å². The summed E-state index contributed by atoms with van der Waals surface area (Å²) in [6.07, 6.45) is 0.504. The lowest BCUT2D eigenvalue weighted by Gasteiger charge is -2.23. The molecular weight excluding hydrogens is 238 g/mol. The molecule has 0 saturated carbocycles. The Bertz CT molecular complexity index is 405. The Labute approximate surface area is 105 Å². The van der Waals surface area contributed by atoms with Gasteiger partial charge >= 0.3 is 0 Å². The van der Waals surface area contributed by atoms with E-state index in [-0.39, 0.29) is 11.9 Å². The van der Waals surface area contributed by atoms with Gasteiger partial charge in [0.25, 0.3) is 0 Å². The second kappa shape index (κ2) is 4.97. The van der Waals surface area contributed by atoms with Crippen LogP contribution in [0.15, 0.2) is 30.3 Å². The van der Waals surface area contributed by atoms with Crippen LogP contribution in [0.5, 0.6) is 0 Å². The summed E-state index contributed by atoms with van der Waals surface area (Å²) in [5, 5.41) is 0. The highest BCUT2D eigenvalue weighted by atomic mass is 32.2. The van der Waals surface area contributed by atoms with Gasteiger partial charge in [-0.2, -0.15) is 0 Å². The van der Waals surface area contributed by atoms with Crippen LogP contribution in [0.2, 0.25) is 0 Å². The second-order valence-corrected chi connectivity index (χ2v) is 5.27. The number of rotatable bonds is 2. The molecule has 0 unspecified atom stereocenters. The minimum absolute atomic E-state index is 0.115. The SMILES string of the molecule is CCC(=O)N1C(=S)SC[C@@H]1c1ccccc1. The van der Waals surface area contributed by atoms with Crippen LogP contribution < -0.4 is 0 Å². The molecule has 84 valence electrons. The van der Waals surface area contributed by atoms with Crippen LogP contribution >= 0.6 is 24.0 Å². The van der Waals surface area contributed by atoms with E-state index in [0.717, 1.165) is 11.3 Å². The number of hydrogen-bond acceptors (Lipinski definition) is 3. The first-order valence-corrected chi connectivity index (χ1v) is 6.67. The maximum atomic E-state index is 11.8. The molecule has 0 aromatic heterocycles. The van der Waals surface area contributed by atoms with Gasteiger partial charge in [0.1, 0.15) is 4.32 Å². The fourth-order valence-corrected chi connectivity index (χ4v) is 3.23. The van der Waals surface area contributed by atoms with Gasteiger partial charge in [-0.05, 0) is 5.56 Å². The maximum Gasteiger partial charge on any atom is 0.228 e. The summed E-state index contributed by atoms with van der Waals surface area (Å²) < 4.78 is 0.709. The summed E-state index contributed by atoms with van der Waals surface area (Å²) in [4.78, 5) is 13.6. The van der Waals surface area contributed by atoms with Crippen molar-refractivity contribution in [3.8, 4) is 0 Å². The number of amides is 1. The first kappa shape index (κ1) is 11.6. The number of thioether (sulfide) groups is 1. The van der Waals surface area contributed by atoms with Crippen LogP contribution in [0.25, 0.3) is 0 Å². The Morgan fingerprint density at radius 1 is 1.50 bits per heavy atom. The molecule has 1 aliphatic heterocycles. The molecule has 1 amide bonds. The fourth-order valence-electron chi connectivity index (χ4n) is 1.79. The van der Waals surface area contributed by atoms with Gasteiger partial charge in [0, 0.05) is 12.2 Å². The third-order valence-corrected chi connectivity index (χ3v) is 4.10. The van der Waals surface area contributed by atoms with Gasteiger partial charge in [-0.1, -0.05) is 61.2 Å². The topological polar surface area (TPSA) is 20.3 Å². The number of carbonyl (C=O) groups excluding carboxylic acids is 1. The zero-order valence-electron chi connectivity index (χ0n) is 9.05. The van der Waals surface area contributed by atoms with Crippen molar-refractivity contribution in [2.45, 2.75) is 19.4 Å². The molecule has 16 heavy (non-hydrogen) atoms. The van der Waals surface area contributed by atoms with Gasteiger partial charge in [0.2, 0.25) is 5.91 Å². The van der Waals surface area contributed by atoms with Crippen molar-refractivity contribution in [3.05, 3.63) is 35.9 Å². The molecule has 1 atom stereocenters. The number of thiocarbonyl (C=S) groups is 1. The molecule has 4 heteroatoms. The van der Waals surface area contributed by atoms with Crippen molar-refractivity contribution in [2.75, 3.05) is 5.75 Å². The van der Waals surface area contributed by atoms with Gasteiger partial charge in [-0.3, -0.25) is 9.69 Å². The van der Waals surface area contributed by atoms with Crippen LogP contribution in [-0.2, 0) is 4.79 Å². The Balaban J connectivity index is 2.28. The first-order chi connectivity index (χ1) is 7.74. The lowest BCUT2D eigenvalue weighted by molar-refractivity contribution is -0.128. The first-order valence-electron chi connectivity index (χ1n) is 5.27. The summed E-state index contributed by atoms with van der Waals surface area (Å²) in [6.45, 7) is 1.87. The quantitative estimate of drug-likeness (QED) is 0.754. The molecule has 1 aliphatic rings. The molecule has 0 spiro atoms. The molecule has 0 radical (unpaired) electrons. The van der Waals surface area contributed by atoms with Crippen molar-refractivity contribution in [1.82, 2.24) is 4.90 Å². The molecule has 1 heterocycles. The van der Waals surface area contributed by atoms with E-state index in [0.29, 0.717) is 10.7 Å². The van der Waals surface area contributed by atoms with Gasteiger partial charge in [0.05, 0.1) is 6.04 Å². The summed E-state index contributed by atoms with van der Waals surface area (Å²) in [7, 11) is 0. The van der Waals surface area contributed by atoms with Crippen molar-refractivity contribution in [1.29, 1.82) is 0 Å². The Hall–Kier alpha value is -0.870. The fraction of sp³-hybridized carbons (Fsp3) is 0.333. The molecule has 1 saturated heterocycles.